The lowest BCUT2D eigenvalue weighted by Crippen LogP contribution is -2.34. The molecule has 0 aliphatic heterocycles. The smallest absolute Gasteiger partial charge is 0.145 e. The van der Waals surface area contributed by atoms with Gasteiger partial charge in [-0.05, 0) is 25.0 Å². The van der Waals surface area contributed by atoms with Crippen LogP contribution in [0.2, 0.25) is 0 Å². The molecule has 0 spiro atoms. The molecule has 1 heterocycles. The molecule has 0 saturated heterocycles. The topological polar surface area (TPSA) is 48.1 Å². The fourth-order valence-electron chi connectivity index (χ4n) is 1.99. The first-order chi connectivity index (χ1) is 9.11. The van der Waals surface area contributed by atoms with E-state index in [1.165, 1.54) is 0 Å². The van der Waals surface area contributed by atoms with Crippen LogP contribution in [0.4, 0.5) is 0 Å². The van der Waals surface area contributed by atoms with Gasteiger partial charge in [0.2, 0.25) is 0 Å². The molecule has 0 saturated carbocycles. The highest BCUT2D eigenvalue weighted by Crippen LogP contribution is 2.24. The Hall–Kier alpha value is -1.61. The summed E-state index contributed by atoms with van der Waals surface area (Å²) < 4.78 is 5.87. The Bertz CT molecular complexity index is 553. The molecule has 1 aromatic heterocycles. The second kappa shape index (κ2) is 6.02. The van der Waals surface area contributed by atoms with Gasteiger partial charge in [-0.2, -0.15) is 0 Å². The largest absolute Gasteiger partial charge is 0.490 e. The summed E-state index contributed by atoms with van der Waals surface area (Å²) in [6, 6.07) is 10.1. The highest BCUT2D eigenvalue weighted by Gasteiger charge is 2.12. The number of rotatable bonds is 5. The molecule has 2 rings (SSSR count). The van der Waals surface area contributed by atoms with Crippen LogP contribution in [0.1, 0.15) is 26.0 Å². The predicted octanol–water partition coefficient (Wildman–Crippen LogP) is 3.30. The summed E-state index contributed by atoms with van der Waals surface area (Å²) in [5, 5.41) is 1.10. The Morgan fingerprint density at radius 2 is 2.05 bits per heavy atom. The number of benzene rings is 1. The van der Waals surface area contributed by atoms with Crippen LogP contribution < -0.4 is 10.5 Å². The highest BCUT2D eigenvalue weighted by atomic mass is 16.5. The Labute approximate surface area is 114 Å². The third-order valence-corrected chi connectivity index (χ3v) is 3.63. The number of aryl methyl sites for hydroxylation is 1. The third kappa shape index (κ3) is 3.24. The number of nitrogens with zero attached hydrogens (tertiary/aromatic N) is 1. The number of hydrogen-bond donors (Lipinski definition) is 1. The summed E-state index contributed by atoms with van der Waals surface area (Å²) in [6.07, 6.45) is 1.07. The van der Waals surface area contributed by atoms with Crippen molar-refractivity contribution in [3.63, 3.8) is 0 Å². The van der Waals surface area contributed by atoms with E-state index in [4.69, 9.17) is 10.5 Å². The second-order valence-electron chi connectivity index (χ2n) is 5.14. The Balaban J connectivity index is 2.18. The zero-order chi connectivity index (χ0) is 13.8. The van der Waals surface area contributed by atoms with E-state index >= 15 is 0 Å². The maximum Gasteiger partial charge on any atom is 0.145 e. The Morgan fingerprint density at radius 1 is 1.26 bits per heavy atom. The van der Waals surface area contributed by atoms with Gasteiger partial charge in [-0.25, -0.2) is 4.98 Å². The van der Waals surface area contributed by atoms with Crippen molar-refractivity contribution < 1.29 is 4.74 Å². The molecule has 0 aliphatic rings. The van der Waals surface area contributed by atoms with E-state index in [1.54, 1.807) is 0 Å². The van der Waals surface area contributed by atoms with Crippen molar-refractivity contribution in [2.75, 3.05) is 6.61 Å². The van der Waals surface area contributed by atoms with E-state index in [9.17, 15) is 0 Å². The van der Waals surface area contributed by atoms with E-state index < -0.39 is 0 Å². The quantitative estimate of drug-likeness (QED) is 0.895. The summed E-state index contributed by atoms with van der Waals surface area (Å²) in [5.74, 6) is 1.28. The summed E-state index contributed by atoms with van der Waals surface area (Å²) in [4.78, 5) is 4.55. The van der Waals surface area contributed by atoms with Gasteiger partial charge in [0.25, 0.3) is 0 Å². The molecule has 102 valence electrons. The van der Waals surface area contributed by atoms with Crippen LogP contribution in [0.3, 0.4) is 0 Å². The molecule has 1 aromatic carbocycles. The standard InChI is InChI=1S/C16H22N2O/c1-4-11(2)14(17)10-19-15-7-5-6-13-9-8-12(3)18-16(13)15/h5-9,11,14H,4,10,17H2,1-3H3. The number of fused-ring (bicyclic) bond motifs is 1. The van der Waals surface area contributed by atoms with Crippen molar-refractivity contribution in [1.29, 1.82) is 0 Å². The van der Waals surface area contributed by atoms with Gasteiger partial charge in [0.05, 0.1) is 0 Å². The lowest BCUT2D eigenvalue weighted by molar-refractivity contribution is 0.252. The molecule has 2 N–H and O–H groups in total. The van der Waals surface area contributed by atoms with Crippen molar-refractivity contribution in [2.24, 2.45) is 11.7 Å². The van der Waals surface area contributed by atoms with E-state index in [0.717, 1.165) is 28.8 Å². The fourth-order valence-corrected chi connectivity index (χ4v) is 1.99. The van der Waals surface area contributed by atoms with E-state index in [1.807, 2.05) is 31.2 Å². The molecule has 0 radical (unpaired) electrons. The monoisotopic (exact) mass is 258 g/mol. The van der Waals surface area contributed by atoms with E-state index in [-0.39, 0.29) is 6.04 Å². The van der Waals surface area contributed by atoms with Gasteiger partial charge in [0.15, 0.2) is 0 Å². The van der Waals surface area contributed by atoms with Crippen LogP contribution in [-0.2, 0) is 0 Å². The van der Waals surface area contributed by atoms with Crippen molar-refractivity contribution >= 4 is 10.9 Å². The molecule has 2 aromatic rings. The van der Waals surface area contributed by atoms with Crippen LogP contribution in [0, 0.1) is 12.8 Å². The van der Waals surface area contributed by atoms with Crippen LogP contribution >= 0.6 is 0 Å². The van der Waals surface area contributed by atoms with Crippen LogP contribution in [-0.4, -0.2) is 17.6 Å². The number of nitrogens with two attached hydrogens (primary N) is 1. The number of pyridine rings is 1. The summed E-state index contributed by atoms with van der Waals surface area (Å²) in [5.41, 5.74) is 8.01. The first-order valence-electron chi connectivity index (χ1n) is 6.86. The van der Waals surface area contributed by atoms with Crippen LogP contribution in [0.5, 0.6) is 5.75 Å². The molecule has 0 aliphatic carbocycles. The number of hydrogen-bond acceptors (Lipinski definition) is 3. The van der Waals surface area contributed by atoms with Crippen molar-refractivity contribution in [1.82, 2.24) is 4.98 Å². The summed E-state index contributed by atoms with van der Waals surface area (Å²) >= 11 is 0. The summed E-state index contributed by atoms with van der Waals surface area (Å²) in [7, 11) is 0. The van der Waals surface area contributed by atoms with Crippen LogP contribution in [0.25, 0.3) is 10.9 Å². The summed E-state index contributed by atoms with van der Waals surface area (Å²) in [6.45, 7) is 6.82. The fraction of sp³-hybridized carbons (Fsp3) is 0.438. The average molecular weight is 258 g/mol. The minimum absolute atomic E-state index is 0.0602. The SMILES string of the molecule is CCC(C)C(N)COc1cccc2ccc(C)nc12. The van der Waals surface area contributed by atoms with Gasteiger partial charge in [-0.1, -0.05) is 38.5 Å². The molecule has 2 atom stereocenters. The number of aromatic nitrogens is 1. The third-order valence-electron chi connectivity index (χ3n) is 3.63. The number of para-hydroxylation sites is 1. The Morgan fingerprint density at radius 3 is 2.79 bits per heavy atom. The molecule has 0 amide bonds. The minimum atomic E-state index is 0.0602. The molecule has 3 heteroatoms. The molecular weight excluding hydrogens is 236 g/mol. The lowest BCUT2D eigenvalue weighted by Gasteiger charge is -2.19. The Kier molecular flexibility index (Phi) is 4.38. The van der Waals surface area contributed by atoms with Gasteiger partial charge in [-0.15, -0.1) is 0 Å². The predicted molar refractivity (Wildman–Crippen MR) is 79.4 cm³/mol. The van der Waals surface area contributed by atoms with E-state index in [2.05, 4.69) is 24.9 Å². The molecule has 0 fully saturated rings. The zero-order valence-corrected chi connectivity index (χ0v) is 11.9. The van der Waals surface area contributed by atoms with Crippen molar-refractivity contribution in [3.05, 3.63) is 36.0 Å². The zero-order valence-electron chi connectivity index (χ0n) is 11.9. The van der Waals surface area contributed by atoms with Gasteiger partial charge in [0, 0.05) is 17.1 Å². The van der Waals surface area contributed by atoms with Gasteiger partial charge < -0.3 is 10.5 Å². The minimum Gasteiger partial charge on any atom is -0.490 e. The van der Waals surface area contributed by atoms with Crippen LogP contribution in [0.15, 0.2) is 30.3 Å². The first kappa shape index (κ1) is 13.8. The molecule has 2 unspecified atom stereocenters. The maximum atomic E-state index is 6.10. The van der Waals surface area contributed by atoms with Gasteiger partial charge in [0.1, 0.15) is 17.9 Å². The molecule has 19 heavy (non-hydrogen) atoms. The van der Waals surface area contributed by atoms with Gasteiger partial charge >= 0.3 is 0 Å². The highest BCUT2D eigenvalue weighted by molar-refractivity contribution is 5.84. The molecular formula is C16H22N2O. The maximum absolute atomic E-state index is 6.10. The van der Waals surface area contributed by atoms with E-state index in [0.29, 0.717) is 12.5 Å². The van der Waals surface area contributed by atoms with Crippen molar-refractivity contribution in [2.45, 2.75) is 33.2 Å². The van der Waals surface area contributed by atoms with Gasteiger partial charge in [-0.3, -0.25) is 0 Å². The second-order valence-corrected chi connectivity index (χ2v) is 5.14. The molecule has 0 bridgehead atoms. The number of ether oxygens (including phenoxy) is 1. The lowest BCUT2D eigenvalue weighted by atomic mass is 10.0. The average Bonchev–Trinajstić information content (AvgIpc) is 2.43. The van der Waals surface area contributed by atoms with Crippen molar-refractivity contribution in [3.8, 4) is 5.75 Å². The molecule has 3 nitrogen and oxygen atoms in total. The normalized spacial score (nSPS) is 14.3. The first-order valence-corrected chi connectivity index (χ1v) is 6.86.